The van der Waals surface area contributed by atoms with Gasteiger partial charge in [0.05, 0.1) is 27.9 Å². The molecule has 1 fully saturated rings. The molecule has 3 N–H and O–H groups in total. The molecule has 114 valence electrons. The van der Waals surface area contributed by atoms with E-state index >= 15 is 0 Å². The SMILES string of the molecule is O=C(NCC1CCOC1)Nc1c(Cl)cc(C(=O)O)cc1Cl. The summed E-state index contributed by atoms with van der Waals surface area (Å²) in [6.07, 6.45) is 0.912. The fraction of sp³-hybridized carbons (Fsp3) is 0.385. The highest BCUT2D eigenvalue weighted by atomic mass is 35.5. The molecule has 1 saturated heterocycles. The van der Waals surface area contributed by atoms with E-state index in [0.717, 1.165) is 6.42 Å². The first-order chi connectivity index (χ1) is 9.97. The zero-order chi connectivity index (χ0) is 15.4. The lowest BCUT2D eigenvalue weighted by atomic mass is 10.1. The van der Waals surface area contributed by atoms with Crippen LogP contribution in [-0.2, 0) is 4.74 Å². The molecular formula is C13H14Cl2N2O4. The predicted octanol–water partition coefficient (Wildman–Crippen LogP) is 2.85. The maximum Gasteiger partial charge on any atom is 0.335 e. The second-order valence-electron chi connectivity index (χ2n) is 4.68. The van der Waals surface area contributed by atoms with E-state index in [4.69, 9.17) is 33.0 Å². The Morgan fingerprint density at radius 3 is 2.52 bits per heavy atom. The Bertz CT molecular complexity index is 536. The molecule has 1 aromatic carbocycles. The maximum absolute atomic E-state index is 11.8. The van der Waals surface area contributed by atoms with E-state index < -0.39 is 12.0 Å². The van der Waals surface area contributed by atoms with Crippen molar-refractivity contribution in [3.8, 4) is 0 Å². The standard InChI is InChI=1S/C13H14Cl2N2O4/c14-9-3-8(12(18)19)4-10(15)11(9)17-13(20)16-5-7-1-2-21-6-7/h3-4,7H,1-2,5-6H2,(H,18,19)(H2,16,17,20). The number of halogens is 2. The molecule has 0 bridgehead atoms. The smallest absolute Gasteiger partial charge is 0.335 e. The van der Waals surface area contributed by atoms with Gasteiger partial charge in [0.2, 0.25) is 0 Å². The van der Waals surface area contributed by atoms with Gasteiger partial charge in [-0.2, -0.15) is 0 Å². The van der Waals surface area contributed by atoms with Gasteiger partial charge < -0.3 is 20.5 Å². The molecule has 0 aliphatic carbocycles. The monoisotopic (exact) mass is 332 g/mol. The van der Waals surface area contributed by atoms with Crippen LogP contribution in [0.5, 0.6) is 0 Å². The minimum atomic E-state index is -1.14. The summed E-state index contributed by atoms with van der Waals surface area (Å²) < 4.78 is 5.21. The molecule has 2 amide bonds. The quantitative estimate of drug-likeness (QED) is 0.791. The molecule has 1 heterocycles. The second-order valence-corrected chi connectivity index (χ2v) is 5.50. The maximum atomic E-state index is 11.8. The number of aromatic carboxylic acids is 1. The topological polar surface area (TPSA) is 87.7 Å². The number of rotatable bonds is 4. The van der Waals surface area contributed by atoms with Crippen LogP contribution in [0.1, 0.15) is 16.8 Å². The Balaban J connectivity index is 1.98. The number of urea groups is 1. The van der Waals surface area contributed by atoms with Crippen molar-refractivity contribution in [1.29, 1.82) is 0 Å². The lowest BCUT2D eigenvalue weighted by molar-refractivity contribution is 0.0697. The fourth-order valence-corrected chi connectivity index (χ4v) is 2.54. The van der Waals surface area contributed by atoms with Gasteiger partial charge in [-0.05, 0) is 18.6 Å². The van der Waals surface area contributed by atoms with Crippen LogP contribution in [0.4, 0.5) is 10.5 Å². The highest BCUT2D eigenvalue weighted by Crippen LogP contribution is 2.31. The van der Waals surface area contributed by atoms with Crippen molar-refractivity contribution in [1.82, 2.24) is 5.32 Å². The molecule has 1 aliphatic heterocycles. The molecule has 0 aromatic heterocycles. The molecule has 6 nitrogen and oxygen atoms in total. The van der Waals surface area contributed by atoms with Gasteiger partial charge in [-0.25, -0.2) is 9.59 Å². The van der Waals surface area contributed by atoms with E-state index in [1.807, 2.05) is 0 Å². The first-order valence-electron chi connectivity index (χ1n) is 6.32. The predicted molar refractivity (Wildman–Crippen MR) is 79.4 cm³/mol. The molecular weight excluding hydrogens is 319 g/mol. The molecule has 21 heavy (non-hydrogen) atoms. The second kappa shape index (κ2) is 6.98. The van der Waals surface area contributed by atoms with Gasteiger partial charge in [0.15, 0.2) is 0 Å². The third-order valence-corrected chi connectivity index (χ3v) is 3.70. The average Bonchev–Trinajstić information content (AvgIpc) is 2.93. The number of carboxylic acids is 1. The minimum absolute atomic E-state index is 0.0425. The summed E-state index contributed by atoms with van der Waals surface area (Å²) in [7, 11) is 0. The minimum Gasteiger partial charge on any atom is -0.478 e. The summed E-state index contributed by atoms with van der Waals surface area (Å²) in [6, 6.07) is 2.01. The summed E-state index contributed by atoms with van der Waals surface area (Å²) in [5.41, 5.74) is 0.141. The van der Waals surface area contributed by atoms with Crippen molar-refractivity contribution < 1.29 is 19.4 Å². The number of hydrogen-bond donors (Lipinski definition) is 3. The van der Waals surface area contributed by atoms with E-state index in [9.17, 15) is 9.59 Å². The van der Waals surface area contributed by atoms with E-state index in [1.165, 1.54) is 12.1 Å². The van der Waals surface area contributed by atoms with Crippen molar-refractivity contribution in [2.75, 3.05) is 25.1 Å². The van der Waals surface area contributed by atoms with E-state index in [-0.39, 0.29) is 21.3 Å². The summed E-state index contributed by atoms with van der Waals surface area (Å²) >= 11 is 11.9. The number of ether oxygens (including phenoxy) is 1. The first-order valence-corrected chi connectivity index (χ1v) is 7.08. The molecule has 0 saturated carbocycles. The lowest BCUT2D eigenvalue weighted by Gasteiger charge is -2.13. The largest absolute Gasteiger partial charge is 0.478 e. The average molecular weight is 333 g/mol. The third-order valence-electron chi connectivity index (χ3n) is 3.10. The highest BCUT2D eigenvalue weighted by molar-refractivity contribution is 6.40. The summed E-state index contributed by atoms with van der Waals surface area (Å²) in [5, 5.41) is 14.2. The van der Waals surface area contributed by atoms with Crippen molar-refractivity contribution in [2.45, 2.75) is 6.42 Å². The first kappa shape index (κ1) is 15.9. The molecule has 1 unspecified atom stereocenters. The van der Waals surface area contributed by atoms with Crippen LogP contribution in [0, 0.1) is 5.92 Å². The molecule has 1 aliphatic rings. The van der Waals surface area contributed by atoms with Crippen LogP contribution in [0.3, 0.4) is 0 Å². The molecule has 0 spiro atoms. The van der Waals surface area contributed by atoms with Crippen molar-refractivity contribution in [3.05, 3.63) is 27.7 Å². The molecule has 0 radical (unpaired) electrons. The number of benzene rings is 1. The van der Waals surface area contributed by atoms with Gasteiger partial charge >= 0.3 is 12.0 Å². The van der Waals surface area contributed by atoms with Crippen LogP contribution < -0.4 is 10.6 Å². The number of hydrogen-bond acceptors (Lipinski definition) is 3. The van der Waals surface area contributed by atoms with Gasteiger partial charge in [-0.15, -0.1) is 0 Å². The fourth-order valence-electron chi connectivity index (χ4n) is 1.96. The van der Waals surface area contributed by atoms with Gasteiger partial charge in [0.1, 0.15) is 0 Å². The third kappa shape index (κ3) is 4.23. The highest BCUT2D eigenvalue weighted by Gasteiger charge is 2.18. The van der Waals surface area contributed by atoms with E-state index in [2.05, 4.69) is 10.6 Å². The zero-order valence-corrected chi connectivity index (χ0v) is 12.5. The Labute approximate surface area is 131 Å². The summed E-state index contributed by atoms with van der Waals surface area (Å²) in [6.45, 7) is 1.84. The van der Waals surface area contributed by atoms with Gasteiger partial charge in [-0.1, -0.05) is 23.2 Å². The Morgan fingerprint density at radius 1 is 1.33 bits per heavy atom. The Kier molecular flexibility index (Phi) is 5.27. The number of carbonyl (C=O) groups excluding carboxylic acids is 1. The van der Waals surface area contributed by atoms with Crippen LogP contribution in [0.25, 0.3) is 0 Å². The van der Waals surface area contributed by atoms with E-state index in [0.29, 0.717) is 25.7 Å². The number of carboxylic acid groups (broad SMARTS) is 1. The van der Waals surface area contributed by atoms with Gasteiger partial charge in [0.25, 0.3) is 0 Å². The van der Waals surface area contributed by atoms with Gasteiger partial charge in [0, 0.05) is 19.1 Å². The normalized spacial score (nSPS) is 17.5. The van der Waals surface area contributed by atoms with Crippen LogP contribution in [0.15, 0.2) is 12.1 Å². The number of anilines is 1. The van der Waals surface area contributed by atoms with Crippen LogP contribution in [-0.4, -0.2) is 36.9 Å². The van der Waals surface area contributed by atoms with Crippen LogP contribution >= 0.6 is 23.2 Å². The van der Waals surface area contributed by atoms with E-state index in [1.54, 1.807) is 0 Å². The lowest BCUT2D eigenvalue weighted by Crippen LogP contribution is -2.33. The number of carbonyl (C=O) groups is 2. The van der Waals surface area contributed by atoms with Crippen LogP contribution in [0.2, 0.25) is 10.0 Å². The Hall–Kier alpha value is -1.50. The summed E-state index contributed by atoms with van der Waals surface area (Å²) in [4.78, 5) is 22.7. The molecule has 1 aromatic rings. The Morgan fingerprint density at radius 2 is 2.00 bits per heavy atom. The van der Waals surface area contributed by atoms with Gasteiger partial charge in [-0.3, -0.25) is 0 Å². The van der Waals surface area contributed by atoms with Crippen molar-refractivity contribution in [2.24, 2.45) is 5.92 Å². The number of amides is 2. The zero-order valence-electron chi connectivity index (χ0n) is 11.0. The van der Waals surface area contributed by atoms with Crippen molar-refractivity contribution in [3.63, 3.8) is 0 Å². The number of nitrogens with one attached hydrogen (secondary N) is 2. The van der Waals surface area contributed by atoms with Crippen molar-refractivity contribution >= 4 is 40.9 Å². The molecule has 8 heteroatoms. The molecule has 2 rings (SSSR count). The summed E-state index contributed by atoms with van der Waals surface area (Å²) in [5.74, 6) is -0.841. The molecule has 1 atom stereocenters.